The lowest BCUT2D eigenvalue weighted by Crippen LogP contribution is -2.53. The summed E-state index contributed by atoms with van der Waals surface area (Å²) in [6, 6.07) is 14.3. The summed E-state index contributed by atoms with van der Waals surface area (Å²) in [6.45, 7) is 0.249. The number of aliphatic imine (C=N–C) groups is 2. The molecule has 0 bridgehead atoms. The number of carbonyl (C=O) groups is 1. The summed E-state index contributed by atoms with van der Waals surface area (Å²) >= 11 is 0. The van der Waals surface area contributed by atoms with E-state index in [4.69, 9.17) is 20.7 Å². The van der Waals surface area contributed by atoms with Crippen molar-refractivity contribution >= 4 is 18.0 Å². The number of hydrogen-bond donors (Lipinski definition) is 2. The van der Waals surface area contributed by atoms with Crippen LogP contribution in [0.25, 0.3) is 0 Å². The van der Waals surface area contributed by atoms with Gasteiger partial charge < -0.3 is 9.84 Å². The molecule has 0 spiro atoms. The van der Waals surface area contributed by atoms with Gasteiger partial charge >= 0.3 is 5.97 Å². The Morgan fingerprint density at radius 3 is 2.77 bits per heavy atom. The number of nitrogens with zero attached hydrogens (tertiary/aromatic N) is 3. The van der Waals surface area contributed by atoms with E-state index < -0.39 is 5.97 Å². The van der Waals surface area contributed by atoms with Gasteiger partial charge in [0.1, 0.15) is 24.3 Å². The van der Waals surface area contributed by atoms with Crippen LogP contribution in [0, 0.1) is 0 Å². The predicted molar refractivity (Wildman–Crippen MR) is 117 cm³/mol. The van der Waals surface area contributed by atoms with Gasteiger partial charge in [-0.1, -0.05) is 36.4 Å². The minimum absolute atomic E-state index is 0.0614. The van der Waals surface area contributed by atoms with E-state index in [1.165, 1.54) is 0 Å². The Balaban J connectivity index is 1.42. The monoisotopic (exact) mass is 411 g/mol. The number of benzene rings is 2. The molecule has 0 radical (unpaired) electrons. The molecule has 2 aromatic rings. The number of allylic oxidation sites excluding steroid dienone is 4. The highest BCUT2D eigenvalue weighted by Gasteiger charge is 2.44. The highest BCUT2D eigenvalue weighted by Crippen LogP contribution is 2.36. The van der Waals surface area contributed by atoms with Crippen LogP contribution in [-0.4, -0.2) is 27.7 Å². The van der Waals surface area contributed by atoms with Gasteiger partial charge in [0.05, 0.1) is 23.5 Å². The number of carboxylic acid groups (broad SMARTS) is 1. The Morgan fingerprint density at radius 2 is 2.00 bits per heavy atom. The van der Waals surface area contributed by atoms with Crippen LogP contribution in [0.1, 0.15) is 21.5 Å². The summed E-state index contributed by atoms with van der Waals surface area (Å²) in [7, 11) is 0. The van der Waals surface area contributed by atoms with Crippen LogP contribution in [0.4, 0.5) is 0 Å². The normalized spacial score (nSPS) is 20.8. The lowest BCUT2D eigenvalue weighted by molar-refractivity contribution is -0.750. The first-order chi connectivity index (χ1) is 15.0. The van der Waals surface area contributed by atoms with Crippen molar-refractivity contribution in [2.45, 2.75) is 6.61 Å². The summed E-state index contributed by atoms with van der Waals surface area (Å²) in [6.07, 6.45) is 11.2. The van der Waals surface area contributed by atoms with Crippen LogP contribution in [-0.2, 0) is 6.61 Å². The van der Waals surface area contributed by atoms with Crippen LogP contribution in [0.5, 0.6) is 5.75 Å². The van der Waals surface area contributed by atoms with Crippen molar-refractivity contribution in [1.82, 2.24) is 0 Å². The molecule has 2 aromatic carbocycles. The van der Waals surface area contributed by atoms with Gasteiger partial charge in [0.2, 0.25) is 5.70 Å². The molecule has 0 aromatic heterocycles. The van der Waals surface area contributed by atoms with Gasteiger partial charge in [-0.05, 0) is 35.9 Å². The first-order valence-electron chi connectivity index (χ1n) is 9.71. The van der Waals surface area contributed by atoms with E-state index >= 15 is 0 Å². The zero-order chi connectivity index (χ0) is 21.4. The molecule has 1 unspecified atom stereocenters. The van der Waals surface area contributed by atoms with Crippen molar-refractivity contribution in [1.29, 1.82) is 0 Å². The molecule has 0 saturated heterocycles. The van der Waals surface area contributed by atoms with Crippen molar-refractivity contribution in [3.63, 3.8) is 0 Å². The Morgan fingerprint density at radius 1 is 1.16 bits per heavy atom. The number of nitrogens with two attached hydrogens (primary N) is 1. The fraction of sp³-hybridized carbons (Fsp3) is 0.0417. The molecular formula is C24H19N4O3+. The number of quaternary nitrogens is 1. The maximum absolute atomic E-state index is 11.2. The molecule has 2 aliphatic heterocycles. The minimum atomic E-state index is -0.964. The number of aromatic carboxylic acids is 1. The van der Waals surface area contributed by atoms with Gasteiger partial charge in [0.15, 0.2) is 0 Å². The molecule has 0 saturated carbocycles. The van der Waals surface area contributed by atoms with E-state index in [1.807, 2.05) is 48.6 Å². The zero-order valence-electron chi connectivity index (χ0n) is 16.5. The van der Waals surface area contributed by atoms with Crippen LogP contribution in [0.15, 0.2) is 106 Å². The largest absolute Gasteiger partial charge is 0.489 e. The molecule has 0 amide bonds. The molecular weight excluding hydrogens is 392 g/mol. The summed E-state index contributed by atoms with van der Waals surface area (Å²) in [5, 5.41) is 9.16. The highest BCUT2D eigenvalue weighted by atomic mass is 16.5. The number of carboxylic acids is 1. The lowest BCUT2D eigenvalue weighted by atomic mass is 10.0. The van der Waals surface area contributed by atoms with Crippen molar-refractivity contribution < 1.29 is 19.2 Å². The van der Waals surface area contributed by atoms with Gasteiger partial charge in [-0.3, -0.25) is 4.99 Å². The molecule has 7 heteroatoms. The Bertz CT molecular complexity index is 1280. The standard InChI is InChI=1S/C24H18N4O3/c25-28-11-10-26-14-21(28)22(17-5-2-6-17)27-23(28)18-7-3-9-20(13-18)31-15-16-4-1-8-19(12-16)24(29)30/h1-14H,15,25H2/p+1. The van der Waals surface area contributed by atoms with Crippen LogP contribution < -0.4 is 10.6 Å². The van der Waals surface area contributed by atoms with Crippen LogP contribution in [0.3, 0.4) is 0 Å². The molecule has 2 heterocycles. The number of rotatable bonds is 6. The average molecular weight is 411 g/mol. The topological polar surface area (TPSA) is 97.3 Å². The third-order valence-corrected chi connectivity index (χ3v) is 5.29. The van der Waals surface area contributed by atoms with Gasteiger partial charge in [-0.15, -0.1) is 4.59 Å². The summed E-state index contributed by atoms with van der Waals surface area (Å²) in [4.78, 5) is 20.3. The molecule has 5 rings (SSSR count). The second-order valence-electron chi connectivity index (χ2n) is 7.33. The summed E-state index contributed by atoms with van der Waals surface area (Å²) in [5.74, 6) is 7.08. The summed E-state index contributed by atoms with van der Waals surface area (Å²) < 4.78 is 5.87. The first-order valence-corrected chi connectivity index (χ1v) is 9.71. The van der Waals surface area contributed by atoms with Gasteiger partial charge in [0, 0.05) is 5.57 Å². The first kappa shape index (κ1) is 18.9. The molecule has 0 fully saturated rings. The quantitative estimate of drug-likeness (QED) is 0.560. The zero-order valence-corrected chi connectivity index (χ0v) is 16.5. The second kappa shape index (κ2) is 7.32. The van der Waals surface area contributed by atoms with E-state index in [0.717, 1.165) is 28.1 Å². The minimum Gasteiger partial charge on any atom is -0.489 e. The van der Waals surface area contributed by atoms with E-state index in [-0.39, 0.29) is 16.8 Å². The molecule has 1 atom stereocenters. The van der Waals surface area contributed by atoms with E-state index in [0.29, 0.717) is 11.6 Å². The number of fused-ring (bicyclic) bond motifs is 1. The fourth-order valence-corrected chi connectivity index (χ4v) is 3.63. The third kappa shape index (κ3) is 3.31. The maximum atomic E-state index is 11.2. The van der Waals surface area contributed by atoms with Gasteiger partial charge in [-0.2, -0.15) is 10.8 Å². The van der Waals surface area contributed by atoms with Crippen molar-refractivity contribution in [2.24, 2.45) is 15.8 Å². The second-order valence-corrected chi connectivity index (χ2v) is 7.33. The molecule has 3 aliphatic rings. The molecule has 152 valence electrons. The number of amidine groups is 1. The smallest absolute Gasteiger partial charge is 0.335 e. The highest BCUT2D eigenvalue weighted by molar-refractivity contribution is 6.01. The SMILES string of the molecule is N[N+]12C=CN=CC1=C(C1=CC=C1)N=C2c1cccc(OCc2cccc(C(=O)O)c2)c1. The Hall–Kier alpha value is -4.07. The molecule has 1 aliphatic carbocycles. The third-order valence-electron chi connectivity index (χ3n) is 5.29. The predicted octanol–water partition coefficient (Wildman–Crippen LogP) is 3.68. The van der Waals surface area contributed by atoms with Crippen molar-refractivity contribution in [2.75, 3.05) is 0 Å². The van der Waals surface area contributed by atoms with Crippen LogP contribution >= 0.6 is 0 Å². The van der Waals surface area contributed by atoms with E-state index in [9.17, 15) is 4.79 Å². The lowest BCUT2D eigenvalue weighted by Gasteiger charge is -2.26. The van der Waals surface area contributed by atoms with Crippen molar-refractivity contribution in [3.05, 3.63) is 113 Å². The number of ether oxygens (including phenoxy) is 1. The number of hydrogen-bond acceptors (Lipinski definition) is 5. The van der Waals surface area contributed by atoms with Gasteiger partial charge in [-0.25, -0.2) is 4.79 Å². The van der Waals surface area contributed by atoms with E-state index in [2.05, 4.69) is 4.99 Å². The molecule has 3 N–H and O–H groups in total. The Labute approximate surface area is 178 Å². The van der Waals surface area contributed by atoms with Crippen molar-refractivity contribution in [3.8, 4) is 5.75 Å². The average Bonchev–Trinajstić information content (AvgIpc) is 3.04. The maximum Gasteiger partial charge on any atom is 0.335 e. The molecule has 31 heavy (non-hydrogen) atoms. The van der Waals surface area contributed by atoms with Crippen LogP contribution in [0.2, 0.25) is 0 Å². The summed E-state index contributed by atoms with van der Waals surface area (Å²) in [5.41, 5.74) is 4.47. The fourth-order valence-electron chi connectivity index (χ4n) is 3.63. The van der Waals surface area contributed by atoms with E-state index in [1.54, 1.807) is 36.8 Å². The Kier molecular flexibility index (Phi) is 4.47. The molecule has 7 nitrogen and oxygen atoms in total. The van der Waals surface area contributed by atoms with Gasteiger partial charge in [0.25, 0.3) is 5.84 Å².